The SMILES string of the molecule is Cn1ccnc1CNCC1OCCc2ccccc21. The lowest BCUT2D eigenvalue weighted by molar-refractivity contribution is 0.0422. The monoisotopic (exact) mass is 257 g/mol. The minimum absolute atomic E-state index is 0.158. The molecule has 0 amide bonds. The molecule has 1 aromatic heterocycles. The average molecular weight is 257 g/mol. The molecule has 1 N–H and O–H groups in total. The van der Waals surface area contributed by atoms with E-state index in [0.717, 1.165) is 31.9 Å². The van der Waals surface area contributed by atoms with E-state index in [1.165, 1.54) is 11.1 Å². The first kappa shape index (κ1) is 12.4. The van der Waals surface area contributed by atoms with E-state index in [1.807, 2.05) is 24.0 Å². The van der Waals surface area contributed by atoms with Gasteiger partial charge in [0.2, 0.25) is 0 Å². The standard InChI is InChI=1S/C15H19N3O/c1-18-8-7-17-15(18)11-16-10-14-13-5-3-2-4-12(13)6-9-19-14/h2-5,7-8,14,16H,6,9-11H2,1H3. The third-order valence-electron chi connectivity index (χ3n) is 3.63. The molecule has 0 fully saturated rings. The molecule has 0 aliphatic carbocycles. The molecule has 0 radical (unpaired) electrons. The molecule has 1 aromatic carbocycles. The number of rotatable bonds is 4. The zero-order valence-corrected chi connectivity index (χ0v) is 11.2. The van der Waals surface area contributed by atoms with Crippen LogP contribution in [-0.4, -0.2) is 22.7 Å². The van der Waals surface area contributed by atoms with E-state index in [9.17, 15) is 0 Å². The molecule has 0 saturated carbocycles. The minimum atomic E-state index is 0.158. The number of hydrogen-bond acceptors (Lipinski definition) is 3. The highest BCUT2D eigenvalue weighted by Gasteiger charge is 2.19. The maximum Gasteiger partial charge on any atom is 0.122 e. The summed E-state index contributed by atoms with van der Waals surface area (Å²) in [7, 11) is 2.01. The third kappa shape index (κ3) is 2.69. The molecule has 1 unspecified atom stereocenters. The van der Waals surface area contributed by atoms with Crippen molar-refractivity contribution in [1.29, 1.82) is 0 Å². The molecule has 3 rings (SSSR count). The van der Waals surface area contributed by atoms with E-state index in [1.54, 1.807) is 0 Å². The molecule has 1 aliphatic heterocycles. The molecular weight excluding hydrogens is 238 g/mol. The van der Waals surface area contributed by atoms with Crippen LogP contribution in [0.3, 0.4) is 0 Å². The van der Waals surface area contributed by atoms with E-state index in [2.05, 4.69) is 34.6 Å². The fraction of sp³-hybridized carbons (Fsp3) is 0.400. The first-order valence-corrected chi connectivity index (χ1v) is 6.71. The predicted octanol–water partition coefficient (Wildman–Crippen LogP) is 1.82. The van der Waals surface area contributed by atoms with Crippen LogP contribution in [-0.2, 0) is 24.8 Å². The fourth-order valence-electron chi connectivity index (χ4n) is 2.53. The Hall–Kier alpha value is -1.65. The zero-order valence-electron chi connectivity index (χ0n) is 11.2. The van der Waals surface area contributed by atoms with E-state index in [-0.39, 0.29) is 6.10 Å². The number of fused-ring (bicyclic) bond motifs is 1. The Bertz CT molecular complexity index is 550. The van der Waals surface area contributed by atoms with Crippen molar-refractivity contribution in [2.75, 3.05) is 13.2 Å². The van der Waals surface area contributed by atoms with Gasteiger partial charge in [0, 0.05) is 26.0 Å². The molecular formula is C15H19N3O. The highest BCUT2D eigenvalue weighted by molar-refractivity contribution is 5.31. The number of benzene rings is 1. The Morgan fingerprint density at radius 3 is 3.16 bits per heavy atom. The van der Waals surface area contributed by atoms with Gasteiger partial charge in [0.25, 0.3) is 0 Å². The Morgan fingerprint density at radius 1 is 1.42 bits per heavy atom. The normalized spacial score (nSPS) is 18.3. The van der Waals surface area contributed by atoms with Gasteiger partial charge in [-0.2, -0.15) is 0 Å². The van der Waals surface area contributed by atoms with Crippen molar-refractivity contribution in [3.8, 4) is 0 Å². The maximum absolute atomic E-state index is 5.86. The molecule has 2 aromatic rings. The first-order valence-electron chi connectivity index (χ1n) is 6.71. The van der Waals surface area contributed by atoms with Gasteiger partial charge < -0.3 is 14.6 Å². The summed E-state index contributed by atoms with van der Waals surface area (Å²) < 4.78 is 7.89. The second kappa shape index (κ2) is 5.55. The van der Waals surface area contributed by atoms with Crippen molar-refractivity contribution in [2.24, 2.45) is 7.05 Å². The van der Waals surface area contributed by atoms with E-state index in [0.29, 0.717) is 0 Å². The summed E-state index contributed by atoms with van der Waals surface area (Å²) in [4.78, 5) is 4.30. The lowest BCUT2D eigenvalue weighted by atomic mass is 9.97. The molecule has 2 heterocycles. The van der Waals surface area contributed by atoms with Gasteiger partial charge in [-0.05, 0) is 17.5 Å². The smallest absolute Gasteiger partial charge is 0.122 e. The molecule has 0 saturated heterocycles. The average Bonchev–Trinajstić information content (AvgIpc) is 2.85. The maximum atomic E-state index is 5.86. The molecule has 1 aliphatic rings. The Kier molecular flexibility index (Phi) is 3.62. The summed E-state index contributed by atoms with van der Waals surface area (Å²) in [5, 5.41) is 3.43. The fourth-order valence-corrected chi connectivity index (χ4v) is 2.53. The zero-order chi connectivity index (χ0) is 13.1. The van der Waals surface area contributed by atoms with Crippen LogP contribution < -0.4 is 5.32 Å². The van der Waals surface area contributed by atoms with Gasteiger partial charge in [0.1, 0.15) is 5.82 Å². The van der Waals surface area contributed by atoms with Crippen molar-refractivity contribution < 1.29 is 4.74 Å². The molecule has 4 heteroatoms. The summed E-state index contributed by atoms with van der Waals surface area (Å²) >= 11 is 0. The second-order valence-electron chi connectivity index (χ2n) is 4.89. The van der Waals surface area contributed by atoms with Gasteiger partial charge in [0.15, 0.2) is 0 Å². The lowest BCUT2D eigenvalue weighted by Crippen LogP contribution is -2.28. The van der Waals surface area contributed by atoms with Gasteiger partial charge in [-0.15, -0.1) is 0 Å². The molecule has 100 valence electrons. The topological polar surface area (TPSA) is 39.1 Å². The van der Waals surface area contributed by atoms with E-state index < -0.39 is 0 Å². The number of aromatic nitrogens is 2. The highest BCUT2D eigenvalue weighted by Crippen LogP contribution is 2.26. The molecule has 1 atom stereocenters. The van der Waals surface area contributed by atoms with Crippen LogP contribution >= 0.6 is 0 Å². The number of nitrogens with zero attached hydrogens (tertiary/aromatic N) is 2. The van der Waals surface area contributed by atoms with Gasteiger partial charge in [0.05, 0.1) is 19.3 Å². The van der Waals surface area contributed by atoms with Gasteiger partial charge >= 0.3 is 0 Å². The van der Waals surface area contributed by atoms with Crippen LogP contribution in [0.1, 0.15) is 23.1 Å². The van der Waals surface area contributed by atoms with Crippen LogP contribution in [0.2, 0.25) is 0 Å². The van der Waals surface area contributed by atoms with E-state index in [4.69, 9.17) is 4.74 Å². The molecule has 0 bridgehead atoms. The van der Waals surface area contributed by atoms with Crippen molar-refractivity contribution in [3.63, 3.8) is 0 Å². The van der Waals surface area contributed by atoms with Gasteiger partial charge in [-0.1, -0.05) is 24.3 Å². The Labute approximate surface area is 113 Å². The molecule has 19 heavy (non-hydrogen) atoms. The largest absolute Gasteiger partial charge is 0.372 e. The number of nitrogens with one attached hydrogen (secondary N) is 1. The van der Waals surface area contributed by atoms with Crippen LogP contribution in [0.4, 0.5) is 0 Å². The highest BCUT2D eigenvalue weighted by atomic mass is 16.5. The quantitative estimate of drug-likeness (QED) is 0.908. The summed E-state index contributed by atoms with van der Waals surface area (Å²) in [5.74, 6) is 1.05. The summed E-state index contributed by atoms with van der Waals surface area (Å²) in [6, 6.07) is 8.55. The summed E-state index contributed by atoms with van der Waals surface area (Å²) in [5.41, 5.74) is 2.73. The van der Waals surface area contributed by atoms with Crippen LogP contribution in [0.25, 0.3) is 0 Å². The van der Waals surface area contributed by atoms with Crippen molar-refractivity contribution in [3.05, 3.63) is 53.6 Å². The first-order chi connectivity index (χ1) is 9.34. The minimum Gasteiger partial charge on any atom is -0.372 e. The predicted molar refractivity (Wildman–Crippen MR) is 73.8 cm³/mol. The number of aryl methyl sites for hydroxylation is 1. The van der Waals surface area contributed by atoms with Crippen molar-refractivity contribution in [2.45, 2.75) is 19.1 Å². The van der Waals surface area contributed by atoms with E-state index >= 15 is 0 Å². The van der Waals surface area contributed by atoms with Crippen LogP contribution in [0, 0.1) is 0 Å². The third-order valence-corrected chi connectivity index (χ3v) is 3.63. The van der Waals surface area contributed by atoms with Gasteiger partial charge in [-0.3, -0.25) is 0 Å². The number of imidazole rings is 1. The number of ether oxygens (including phenoxy) is 1. The van der Waals surface area contributed by atoms with Crippen LogP contribution in [0.15, 0.2) is 36.7 Å². The summed E-state index contributed by atoms with van der Waals surface area (Å²) in [6.45, 7) is 2.40. The lowest BCUT2D eigenvalue weighted by Gasteiger charge is -2.26. The van der Waals surface area contributed by atoms with Gasteiger partial charge in [-0.25, -0.2) is 4.98 Å². The number of hydrogen-bond donors (Lipinski definition) is 1. The Balaban J connectivity index is 1.61. The second-order valence-corrected chi connectivity index (χ2v) is 4.89. The van der Waals surface area contributed by atoms with Crippen molar-refractivity contribution >= 4 is 0 Å². The Morgan fingerprint density at radius 2 is 2.32 bits per heavy atom. The van der Waals surface area contributed by atoms with Crippen molar-refractivity contribution in [1.82, 2.24) is 14.9 Å². The summed E-state index contributed by atoms with van der Waals surface area (Å²) in [6.07, 6.45) is 4.96. The van der Waals surface area contributed by atoms with Crippen LogP contribution in [0.5, 0.6) is 0 Å². The molecule has 0 spiro atoms. The molecule has 4 nitrogen and oxygen atoms in total.